The average molecular weight is 246 g/mol. The number of nitrogens with one attached hydrogen (secondary N) is 1. The number of aromatic hydroxyl groups is 1. The number of halogens is 1. The van der Waals surface area contributed by atoms with E-state index in [1.165, 1.54) is 0 Å². The fourth-order valence-electron chi connectivity index (χ4n) is 1.75. The number of para-hydroxylation sites is 1. The molecular weight excluding hydrogens is 230 g/mol. The summed E-state index contributed by atoms with van der Waals surface area (Å²) in [5.41, 5.74) is 0.828. The van der Waals surface area contributed by atoms with E-state index in [-0.39, 0.29) is 24.2 Å². The first-order valence-electron chi connectivity index (χ1n) is 5.00. The second-order valence-electron chi connectivity index (χ2n) is 3.48. The van der Waals surface area contributed by atoms with Gasteiger partial charge in [-0.25, -0.2) is 0 Å². The lowest BCUT2D eigenvalue weighted by molar-refractivity contribution is 0.0759. The fraction of sp³-hybridized carbons (Fsp3) is 0.455. The number of benzene rings is 1. The maximum absolute atomic E-state index is 9.92. The molecule has 2 rings (SSSR count). The first-order valence-corrected chi connectivity index (χ1v) is 5.00. The highest BCUT2D eigenvalue weighted by atomic mass is 35.5. The van der Waals surface area contributed by atoms with Gasteiger partial charge in [-0.1, -0.05) is 12.1 Å². The first kappa shape index (κ1) is 13.1. The maximum atomic E-state index is 9.92. The molecule has 1 saturated heterocycles. The Morgan fingerprint density at radius 2 is 2.31 bits per heavy atom. The number of phenols is 1. The van der Waals surface area contributed by atoms with Crippen molar-refractivity contribution in [2.24, 2.45) is 0 Å². The van der Waals surface area contributed by atoms with Crippen molar-refractivity contribution in [1.29, 1.82) is 0 Å². The topological polar surface area (TPSA) is 50.7 Å². The molecule has 0 unspecified atom stereocenters. The molecule has 2 N–H and O–H groups in total. The minimum atomic E-state index is 0. The molecule has 0 amide bonds. The highest BCUT2D eigenvalue weighted by Gasteiger charge is 2.19. The molecule has 5 heteroatoms. The summed E-state index contributed by atoms with van der Waals surface area (Å²) in [6.07, 6.45) is 0. The molecule has 0 spiro atoms. The molecule has 0 saturated carbocycles. The molecule has 16 heavy (non-hydrogen) atoms. The van der Waals surface area contributed by atoms with E-state index in [0.29, 0.717) is 12.4 Å². The van der Waals surface area contributed by atoms with E-state index in [1.807, 2.05) is 12.1 Å². The summed E-state index contributed by atoms with van der Waals surface area (Å²) in [6, 6.07) is 5.53. The van der Waals surface area contributed by atoms with Crippen LogP contribution < -0.4 is 10.1 Å². The summed E-state index contributed by atoms with van der Waals surface area (Å²) in [7, 11) is 1.55. The van der Waals surface area contributed by atoms with Gasteiger partial charge in [-0.15, -0.1) is 12.4 Å². The van der Waals surface area contributed by atoms with Crippen molar-refractivity contribution in [2.75, 3.05) is 26.9 Å². The van der Waals surface area contributed by atoms with Gasteiger partial charge in [0.05, 0.1) is 26.4 Å². The van der Waals surface area contributed by atoms with E-state index in [0.717, 1.165) is 18.7 Å². The maximum Gasteiger partial charge on any atom is 0.162 e. The molecule has 0 aliphatic carbocycles. The summed E-state index contributed by atoms with van der Waals surface area (Å²) in [5, 5.41) is 13.2. The van der Waals surface area contributed by atoms with Crippen molar-refractivity contribution in [3.8, 4) is 11.5 Å². The highest BCUT2D eigenvalue weighted by molar-refractivity contribution is 5.85. The van der Waals surface area contributed by atoms with Crippen molar-refractivity contribution >= 4 is 12.4 Å². The number of methoxy groups -OCH3 is 1. The van der Waals surface area contributed by atoms with Gasteiger partial charge >= 0.3 is 0 Å². The molecule has 1 aromatic rings. The van der Waals surface area contributed by atoms with Crippen LogP contribution in [-0.4, -0.2) is 32.0 Å². The smallest absolute Gasteiger partial charge is 0.162 e. The van der Waals surface area contributed by atoms with Gasteiger partial charge in [-0.05, 0) is 6.07 Å². The Morgan fingerprint density at radius 1 is 1.50 bits per heavy atom. The molecule has 1 aliphatic rings. The third-order valence-corrected chi connectivity index (χ3v) is 2.55. The Hall–Kier alpha value is -0.970. The van der Waals surface area contributed by atoms with Gasteiger partial charge in [0.1, 0.15) is 0 Å². The van der Waals surface area contributed by atoms with Crippen molar-refractivity contribution in [3.05, 3.63) is 23.8 Å². The van der Waals surface area contributed by atoms with Crippen molar-refractivity contribution < 1.29 is 14.6 Å². The predicted octanol–water partition coefficient (Wildman–Crippen LogP) is 1.48. The molecule has 1 heterocycles. The largest absolute Gasteiger partial charge is 0.504 e. The molecule has 90 valence electrons. The van der Waals surface area contributed by atoms with E-state index in [2.05, 4.69) is 5.32 Å². The van der Waals surface area contributed by atoms with Crippen molar-refractivity contribution in [3.63, 3.8) is 0 Å². The second-order valence-corrected chi connectivity index (χ2v) is 3.48. The number of hydrogen-bond donors (Lipinski definition) is 2. The first-order chi connectivity index (χ1) is 7.33. The second kappa shape index (κ2) is 5.94. The Kier molecular flexibility index (Phi) is 4.86. The monoisotopic (exact) mass is 245 g/mol. The Labute approximate surface area is 101 Å². The van der Waals surface area contributed by atoms with Crippen LogP contribution >= 0.6 is 12.4 Å². The van der Waals surface area contributed by atoms with Crippen LogP contribution in [0.3, 0.4) is 0 Å². The quantitative estimate of drug-likeness (QED) is 0.829. The van der Waals surface area contributed by atoms with Gasteiger partial charge in [0.25, 0.3) is 0 Å². The van der Waals surface area contributed by atoms with Crippen LogP contribution in [0, 0.1) is 0 Å². The standard InChI is InChI=1S/C11H15NO3.ClH/c1-14-10-4-2-3-8(11(10)13)9-7-15-6-5-12-9;/h2-4,9,12-13H,5-7H2,1H3;1H/t9-;/m0./s1. The molecule has 1 atom stereocenters. The van der Waals surface area contributed by atoms with Gasteiger partial charge in [0.15, 0.2) is 11.5 Å². The normalized spacial score (nSPS) is 19.9. The minimum Gasteiger partial charge on any atom is -0.504 e. The third-order valence-electron chi connectivity index (χ3n) is 2.55. The summed E-state index contributed by atoms with van der Waals surface area (Å²) in [5.74, 6) is 0.697. The molecule has 0 radical (unpaired) electrons. The SMILES string of the molecule is COc1cccc([C@@H]2COCCN2)c1O.Cl. The van der Waals surface area contributed by atoms with Crippen molar-refractivity contribution in [2.45, 2.75) is 6.04 Å². The number of phenolic OH excluding ortho intramolecular Hbond substituents is 1. The molecule has 0 bridgehead atoms. The summed E-state index contributed by atoms with van der Waals surface area (Å²) in [6.45, 7) is 2.11. The number of rotatable bonds is 2. The lowest BCUT2D eigenvalue weighted by Gasteiger charge is -2.25. The van der Waals surface area contributed by atoms with Gasteiger partial charge in [-0.3, -0.25) is 0 Å². The van der Waals surface area contributed by atoms with Crippen LogP contribution in [0.1, 0.15) is 11.6 Å². The Balaban J connectivity index is 0.00000128. The lowest BCUT2D eigenvalue weighted by Crippen LogP contribution is -2.34. The fourth-order valence-corrected chi connectivity index (χ4v) is 1.75. The Morgan fingerprint density at radius 3 is 2.94 bits per heavy atom. The summed E-state index contributed by atoms with van der Waals surface area (Å²) in [4.78, 5) is 0. The zero-order chi connectivity index (χ0) is 10.7. The molecule has 4 nitrogen and oxygen atoms in total. The minimum absolute atomic E-state index is 0. The van der Waals surface area contributed by atoms with Crippen LogP contribution in [0.5, 0.6) is 11.5 Å². The molecular formula is C11H16ClNO3. The van der Waals surface area contributed by atoms with Gasteiger partial charge in [-0.2, -0.15) is 0 Å². The number of ether oxygens (including phenoxy) is 2. The summed E-state index contributed by atoms with van der Waals surface area (Å²) >= 11 is 0. The van der Waals surface area contributed by atoms with Crippen LogP contribution in [0.4, 0.5) is 0 Å². The summed E-state index contributed by atoms with van der Waals surface area (Å²) < 4.78 is 10.4. The molecule has 0 aromatic heterocycles. The van der Waals surface area contributed by atoms with E-state index in [1.54, 1.807) is 13.2 Å². The highest BCUT2D eigenvalue weighted by Crippen LogP contribution is 2.33. The van der Waals surface area contributed by atoms with E-state index < -0.39 is 0 Å². The number of hydrogen-bond acceptors (Lipinski definition) is 4. The van der Waals surface area contributed by atoms with Crippen LogP contribution in [0.15, 0.2) is 18.2 Å². The van der Waals surface area contributed by atoms with Crippen LogP contribution in [0.2, 0.25) is 0 Å². The third kappa shape index (κ3) is 2.58. The van der Waals surface area contributed by atoms with E-state index >= 15 is 0 Å². The van der Waals surface area contributed by atoms with E-state index in [9.17, 15) is 5.11 Å². The Bertz CT molecular complexity index is 340. The van der Waals surface area contributed by atoms with Crippen molar-refractivity contribution in [1.82, 2.24) is 5.32 Å². The van der Waals surface area contributed by atoms with Gasteiger partial charge in [0, 0.05) is 12.1 Å². The zero-order valence-electron chi connectivity index (χ0n) is 9.10. The average Bonchev–Trinajstić information content (AvgIpc) is 2.30. The molecule has 1 fully saturated rings. The lowest BCUT2D eigenvalue weighted by atomic mass is 10.1. The molecule has 1 aliphatic heterocycles. The number of morpholine rings is 1. The van der Waals surface area contributed by atoms with Crippen LogP contribution in [0.25, 0.3) is 0 Å². The molecule has 1 aromatic carbocycles. The predicted molar refractivity (Wildman–Crippen MR) is 63.5 cm³/mol. The van der Waals surface area contributed by atoms with Gasteiger partial charge < -0.3 is 19.9 Å². The van der Waals surface area contributed by atoms with E-state index in [4.69, 9.17) is 9.47 Å². The van der Waals surface area contributed by atoms with Crippen LogP contribution in [-0.2, 0) is 4.74 Å². The zero-order valence-corrected chi connectivity index (χ0v) is 9.92. The van der Waals surface area contributed by atoms with Gasteiger partial charge in [0.2, 0.25) is 0 Å².